The third-order valence-electron chi connectivity index (χ3n) is 3.44. The Bertz CT molecular complexity index is 449. The van der Waals surface area contributed by atoms with E-state index in [1.165, 1.54) is 6.07 Å². The molecule has 2 atom stereocenters. The molecule has 2 unspecified atom stereocenters. The number of carbonyl (C=O) groups is 1. The molecule has 1 saturated heterocycles. The highest BCUT2D eigenvalue weighted by Gasteiger charge is 2.41. The van der Waals surface area contributed by atoms with Gasteiger partial charge in [0.25, 0.3) is 0 Å². The van der Waals surface area contributed by atoms with Gasteiger partial charge in [-0.05, 0) is 24.6 Å². The second-order valence-corrected chi connectivity index (χ2v) is 4.92. The molecular weight excluding hydrogens is 229 g/mol. The van der Waals surface area contributed by atoms with Gasteiger partial charge in [-0.25, -0.2) is 4.39 Å². The minimum atomic E-state index is -0.432. The molecule has 0 radical (unpaired) electrons. The Morgan fingerprint density at radius 1 is 1.56 bits per heavy atom. The Morgan fingerprint density at radius 2 is 2.25 bits per heavy atom. The molecular formula is C12H13ClFNO. The van der Waals surface area contributed by atoms with Crippen molar-refractivity contribution >= 4 is 17.5 Å². The summed E-state index contributed by atoms with van der Waals surface area (Å²) in [5, 5.41) is 2.97. The number of benzene rings is 1. The van der Waals surface area contributed by atoms with Gasteiger partial charge in [-0.2, -0.15) is 0 Å². The Hall–Kier alpha value is -1.09. The van der Waals surface area contributed by atoms with Gasteiger partial charge in [-0.1, -0.05) is 24.6 Å². The lowest BCUT2D eigenvalue weighted by atomic mass is 9.77. The van der Waals surface area contributed by atoms with E-state index in [9.17, 15) is 9.18 Å². The van der Waals surface area contributed by atoms with Gasteiger partial charge in [0, 0.05) is 17.9 Å². The minimum Gasteiger partial charge on any atom is -0.353 e. The fraction of sp³-hybridized carbons (Fsp3) is 0.417. The van der Waals surface area contributed by atoms with Crippen LogP contribution in [0.2, 0.25) is 5.02 Å². The summed E-state index contributed by atoms with van der Waals surface area (Å²) in [6.07, 6.45) is 0.413. The maximum absolute atomic E-state index is 13.1. The van der Waals surface area contributed by atoms with E-state index < -0.39 is 5.82 Å². The second-order valence-electron chi connectivity index (χ2n) is 4.51. The number of hydrogen-bond donors (Lipinski definition) is 1. The summed E-state index contributed by atoms with van der Waals surface area (Å²) >= 11 is 5.76. The molecule has 0 saturated carbocycles. The van der Waals surface area contributed by atoms with Crippen LogP contribution in [-0.2, 0) is 10.2 Å². The maximum atomic E-state index is 13.1. The third-order valence-corrected chi connectivity index (χ3v) is 3.73. The largest absolute Gasteiger partial charge is 0.353 e. The molecule has 16 heavy (non-hydrogen) atoms. The second kappa shape index (κ2) is 3.74. The monoisotopic (exact) mass is 241 g/mol. The van der Waals surface area contributed by atoms with Crippen LogP contribution in [0.4, 0.5) is 4.39 Å². The average Bonchev–Trinajstić information content (AvgIpc) is 2.46. The molecule has 1 aromatic rings. The molecule has 1 fully saturated rings. The van der Waals surface area contributed by atoms with Crippen LogP contribution in [-0.4, -0.2) is 11.9 Å². The van der Waals surface area contributed by atoms with E-state index in [1.807, 2.05) is 13.8 Å². The number of amides is 1. The van der Waals surface area contributed by atoms with Gasteiger partial charge in [0.15, 0.2) is 0 Å². The van der Waals surface area contributed by atoms with Crippen molar-refractivity contribution in [1.82, 2.24) is 5.32 Å². The summed E-state index contributed by atoms with van der Waals surface area (Å²) in [6.45, 7) is 3.93. The summed E-state index contributed by atoms with van der Waals surface area (Å²) in [5.74, 6) is -0.408. The lowest BCUT2D eigenvalue weighted by molar-refractivity contribution is -0.119. The van der Waals surface area contributed by atoms with E-state index in [2.05, 4.69) is 5.32 Å². The average molecular weight is 242 g/mol. The predicted octanol–water partition coefficient (Wildman–Crippen LogP) is 2.65. The fourth-order valence-electron chi connectivity index (χ4n) is 2.14. The summed E-state index contributed by atoms with van der Waals surface area (Å²) in [6, 6.07) is 4.67. The SMILES string of the molecule is CC1NC(=O)CC1(C)c1ccc(F)c(Cl)c1. The van der Waals surface area contributed by atoms with Gasteiger partial charge in [-0.3, -0.25) is 4.79 Å². The molecule has 1 aromatic carbocycles. The van der Waals surface area contributed by atoms with Gasteiger partial charge in [0.05, 0.1) is 5.02 Å². The zero-order valence-electron chi connectivity index (χ0n) is 9.18. The van der Waals surface area contributed by atoms with Crippen LogP contribution >= 0.6 is 11.6 Å². The van der Waals surface area contributed by atoms with Gasteiger partial charge < -0.3 is 5.32 Å². The number of halogens is 2. The molecule has 86 valence electrons. The van der Waals surface area contributed by atoms with Crippen LogP contribution in [0.25, 0.3) is 0 Å². The van der Waals surface area contributed by atoms with E-state index in [4.69, 9.17) is 11.6 Å². The van der Waals surface area contributed by atoms with E-state index in [0.29, 0.717) is 6.42 Å². The first-order chi connectivity index (χ1) is 7.43. The molecule has 4 heteroatoms. The molecule has 1 amide bonds. The number of carbonyl (C=O) groups excluding carboxylic acids is 1. The summed E-state index contributed by atoms with van der Waals surface area (Å²) in [5.41, 5.74) is 0.582. The highest BCUT2D eigenvalue weighted by atomic mass is 35.5. The summed E-state index contributed by atoms with van der Waals surface area (Å²) < 4.78 is 13.1. The molecule has 0 spiro atoms. The van der Waals surface area contributed by atoms with Gasteiger partial charge in [0.1, 0.15) is 5.82 Å². The first-order valence-corrected chi connectivity index (χ1v) is 5.56. The standard InChI is InChI=1S/C12H13ClFNO/c1-7-12(2,6-11(16)15-7)8-3-4-10(14)9(13)5-8/h3-5,7H,6H2,1-2H3,(H,15,16). The first kappa shape index (κ1) is 11.4. The Morgan fingerprint density at radius 3 is 2.75 bits per heavy atom. The first-order valence-electron chi connectivity index (χ1n) is 5.18. The molecule has 2 nitrogen and oxygen atoms in total. The van der Waals surface area contributed by atoms with Crippen LogP contribution in [0.1, 0.15) is 25.8 Å². The molecule has 2 rings (SSSR count). The predicted molar refractivity (Wildman–Crippen MR) is 61.0 cm³/mol. The Balaban J connectivity index is 2.43. The van der Waals surface area contributed by atoms with Crippen molar-refractivity contribution in [3.63, 3.8) is 0 Å². The molecule has 0 aliphatic carbocycles. The van der Waals surface area contributed by atoms with Crippen LogP contribution in [0, 0.1) is 5.82 Å². The zero-order valence-corrected chi connectivity index (χ0v) is 9.94. The summed E-state index contributed by atoms with van der Waals surface area (Å²) in [4.78, 5) is 11.4. The zero-order chi connectivity index (χ0) is 11.9. The fourth-order valence-corrected chi connectivity index (χ4v) is 2.32. The van der Waals surface area contributed by atoms with Gasteiger partial charge in [-0.15, -0.1) is 0 Å². The molecule has 1 aliphatic heterocycles. The smallest absolute Gasteiger partial charge is 0.221 e. The van der Waals surface area contributed by atoms with Crippen molar-refractivity contribution in [3.05, 3.63) is 34.6 Å². The number of hydrogen-bond acceptors (Lipinski definition) is 1. The molecule has 0 aromatic heterocycles. The van der Waals surface area contributed by atoms with Crippen molar-refractivity contribution in [2.24, 2.45) is 0 Å². The normalized spacial score (nSPS) is 29.2. The lowest BCUT2D eigenvalue weighted by Gasteiger charge is -2.28. The lowest BCUT2D eigenvalue weighted by Crippen LogP contribution is -2.35. The Kier molecular flexibility index (Phi) is 2.66. The molecule has 1 heterocycles. The van der Waals surface area contributed by atoms with Crippen molar-refractivity contribution in [2.75, 3.05) is 0 Å². The summed E-state index contributed by atoms with van der Waals surface area (Å²) in [7, 11) is 0. The van der Waals surface area contributed by atoms with E-state index >= 15 is 0 Å². The highest BCUT2D eigenvalue weighted by Crippen LogP contribution is 2.36. The van der Waals surface area contributed by atoms with Crippen LogP contribution in [0.15, 0.2) is 18.2 Å². The molecule has 1 aliphatic rings. The van der Waals surface area contributed by atoms with E-state index in [1.54, 1.807) is 12.1 Å². The highest BCUT2D eigenvalue weighted by molar-refractivity contribution is 6.30. The quantitative estimate of drug-likeness (QED) is 0.805. The maximum Gasteiger partial charge on any atom is 0.221 e. The van der Waals surface area contributed by atoms with Crippen molar-refractivity contribution in [1.29, 1.82) is 0 Å². The third kappa shape index (κ3) is 1.69. The Labute approximate surface area is 98.8 Å². The molecule has 1 N–H and O–H groups in total. The minimum absolute atomic E-state index is 0.0236. The van der Waals surface area contributed by atoms with Crippen LogP contribution in [0.3, 0.4) is 0 Å². The van der Waals surface area contributed by atoms with Crippen molar-refractivity contribution in [3.8, 4) is 0 Å². The van der Waals surface area contributed by atoms with Crippen molar-refractivity contribution in [2.45, 2.75) is 31.7 Å². The van der Waals surface area contributed by atoms with Gasteiger partial charge in [0.2, 0.25) is 5.91 Å². The number of nitrogens with one attached hydrogen (secondary N) is 1. The topological polar surface area (TPSA) is 29.1 Å². The number of rotatable bonds is 1. The molecule has 0 bridgehead atoms. The van der Waals surface area contributed by atoms with E-state index in [0.717, 1.165) is 5.56 Å². The van der Waals surface area contributed by atoms with Gasteiger partial charge >= 0.3 is 0 Å². The van der Waals surface area contributed by atoms with Crippen molar-refractivity contribution < 1.29 is 9.18 Å². The van der Waals surface area contributed by atoms with Crippen LogP contribution in [0.5, 0.6) is 0 Å². The van der Waals surface area contributed by atoms with E-state index in [-0.39, 0.29) is 22.4 Å². The van der Waals surface area contributed by atoms with Crippen LogP contribution < -0.4 is 5.32 Å².